The fourth-order valence-electron chi connectivity index (χ4n) is 4.17. The highest BCUT2D eigenvalue weighted by Crippen LogP contribution is 2.37. The van der Waals surface area contributed by atoms with E-state index in [9.17, 15) is 15.0 Å². The van der Waals surface area contributed by atoms with Crippen LogP contribution in [0.1, 0.15) is 31.4 Å². The fraction of sp³-hybridized carbons (Fsp3) is 0.267. The van der Waals surface area contributed by atoms with Crippen LogP contribution in [0.15, 0.2) is 72.8 Å². The molecule has 0 fully saturated rings. The minimum absolute atomic E-state index is 0.128. The number of carboxylic acid groups (broad SMARTS) is 1. The van der Waals surface area contributed by atoms with Crippen LogP contribution in [-0.2, 0) is 24.4 Å². The van der Waals surface area contributed by atoms with Gasteiger partial charge in [0, 0.05) is 16.1 Å². The highest BCUT2D eigenvalue weighted by molar-refractivity contribution is 6.30. The van der Waals surface area contributed by atoms with Crippen molar-refractivity contribution < 1.29 is 24.5 Å². The maximum atomic E-state index is 11.4. The molecule has 1 heterocycles. The normalized spacial score (nSPS) is 11.8. The molecule has 198 valence electrons. The van der Waals surface area contributed by atoms with E-state index in [2.05, 4.69) is 0 Å². The molecular formula is C30H31ClN2O5. The zero-order valence-electron chi connectivity index (χ0n) is 21.4. The van der Waals surface area contributed by atoms with E-state index in [1.54, 1.807) is 28.9 Å². The summed E-state index contributed by atoms with van der Waals surface area (Å²) in [5.41, 5.74) is 4.41. The second-order valence-corrected chi connectivity index (χ2v) is 9.34. The highest BCUT2D eigenvalue weighted by atomic mass is 35.5. The lowest BCUT2D eigenvalue weighted by Gasteiger charge is -2.14. The van der Waals surface area contributed by atoms with Crippen LogP contribution in [0.4, 0.5) is 0 Å². The Labute approximate surface area is 227 Å². The van der Waals surface area contributed by atoms with Gasteiger partial charge in [0.2, 0.25) is 0 Å². The molecule has 7 nitrogen and oxygen atoms in total. The smallest absolute Gasteiger partial charge is 0.307 e. The molecule has 2 N–H and O–H groups in total. The van der Waals surface area contributed by atoms with Gasteiger partial charge in [-0.2, -0.15) is 5.10 Å². The predicted octanol–water partition coefficient (Wildman–Crippen LogP) is 6.25. The molecule has 4 rings (SSSR count). The third kappa shape index (κ3) is 6.73. The average molecular weight is 535 g/mol. The average Bonchev–Trinajstić information content (AvgIpc) is 3.31. The van der Waals surface area contributed by atoms with Crippen LogP contribution in [-0.4, -0.2) is 38.7 Å². The number of benzene rings is 3. The van der Waals surface area contributed by atoms with Crippen LogP contribution in [0.2, 0.25) is 5.02 Å². The monoisotopic (exact) mass is 534 g/mol. The van der Waals surface area contributed by atoms with Crippen molar-refractivity contribution in [2.24, 2.45) is 0 Å². The van der Waals surface area contributed by atoms with Gasteiger partial charge in [-0.15, -0.1) is 0 Å². The first-order valence-corrected chi connectivity index (χ1v) is 13.0. The number of aliphatic carboxylic acids is 1. The van der Waals surface area contributed by atoms with Gasteiger partial charge in [0.1, 0.15) is 18.1 Å². The number of rotatable bonds is 12. The van der Waals surface area contributed by atoms with E-state index < -0.39 is 12.1 Å². The first kappa shape index (κ1) is 27.2. The van der Waals surface area contributed by atoms with Crippen LogP contribution in [0.5, 0.6) is 11.5 Å². The summed E-state index contributed by atoms with van der Waals surface area (Å²) in [6.07, 6.45) is -0.140. The van der Waals surface area contributed by atoms with Gasteiger partial charge in [-0.05, 0) is 66.9 Å². The van der Waals surface area contributed by atoms with E-state index in [0.717, 1.165) is 16.8 Å². The second-order valence-electron chi connectivity index (χ2n) is 8.91. The van der Waals surface area contributed by atoms with E-state index in [4.69, 9.17) is 26.2 Å². The van der Waals surface area contributed by atoms with Crippen molar-refractivity contribution in [3.8, 4) is 34.0 Å². The fourth-order valence-corrected chi connectivity index (χ4v) is 4.38. The van der Waals surface area contributed by atoms with Gasteiger partial charge >= 0.3 is 5.97 Å². The molecular weight excluding hydrogens is 504 g/mol. The molecule has 1 aromatic heterocycles. The molecule has 0 saturated carbocycles. The summed E-state index contributed by atoms with van der Waals surface area (Å²) in [7, 11) is 0. The van der Waals surface area contributed by atoms with Crippen molar-refractivity contribution in [2.75, 3.05) is 6.61 Å². The van der Waals surface area contributed by atoms with Gasteiger partial charge < -0.3 is 19.7 Å². The van der Waals surface area contributed by atoms with Crippen LogP contribution in [0.3, 0.4) is 0 Å². The Bertz CT molecular complexity index is 1400. The number of hydrogen-bond donors (Lipinski definition) is 2. The second kappa shape index (κ2) is 12.6. The molecule has 0 aliphatic heterocycles. The van der Waals surface area contributed by atoms with E-state index in [-0.39, 0.29) is 13.0 Å². The van der Waals surface area contributed by atoms with E-state index in [1.807, 2.05) is 62.4 Å². The van der Waals surface area contributed by atoms with Crippen molar-refractivity contribution in [1.82, 2.24) is 9.78 Å². The summed E-state index contributed by atoms with van der Waals surface area (Å²) in [6, 6.07) is 22.4. The third-order valence-corrected chi connectivity index (χ3v) is 6.29. The number of carbonyl (C=O) groups is 1. The van der Waals surface area contributed by atoms with Crippen molar-refractivity contribution in [3.63, 3.8) is 0 Å². The molecule has 0 aliphatic rings. The lowest BCUT2D eigenvalue weighted by molar-refractivity contribution is -0.136. The molecule has 4 aromatic rings. The zero-order chi connectivity index (χ0) is 27.1. The summed E-state index contributed by atoms with van der Waals surface area (Å²) < 4.78 is 13.8. The highest BCUT2D eigenvalue weighted by Gasteiger charge is 2.20. The van der Waals surface area contributed by atoms with Gasteiger partial charge in [-0.25, -0.2) is 0 Å². The van der Waals surface area contributed by atoms with Crippen LogP contribution < -0.4 is 9.47 Å². The van der Waals surface area contributed by atoms with E-state index in [1.165, 1.54) is 0 Å². The van der Waals surface area contributed by atoms with Gasteiger partial charge in [-0.3, -0.25) is 9.48 Å². The topological polar surface area (TPSA) is 93.8 Å². The molecule has 38 heavy (non-hydrogen) atoms. The number of nitrogens with zero attached hydrogens (tertiary/aromatic N) is 2. The minimum atomic E-state index is -0.925. The SMILES string of the molecule is CCOc1ccccc1-c1cc(-c2cc(CC(=O)O)ccc2OCc2cccc(Cl)c2)nn1C[C@@H](O)CC. The zero-order valence-corrected chi connectivity index (χ0v) is 22.2. The predicted molar refractivity (Wildman–Crippen MR) is 148 cm³/mol. The maximum Gasteiger partial charge on any atom is 0.307 e. The number of ether oxygens (including phenoxy) is 2. The standard InChI is InChI=1S/C30H31ClN2O5/c1-3-23(34)18-33-27(24-10-5-6-11-28(24)37-4-2)17-26(32-33)25-15-20(16-30(35)36)12-13-29(25)38-19-21-8-7-9-22(31)14-21/h5-15,17,23,34H,3-4,16,18-19H2,1-2H3,(H,35,36)/t23-/m0/s1. The molecule has 1 atom stereocenters. The minimum Gasteiger partial charge on any atom is -0.493 e. The molecule has 0 bridgehead atoms. The van der Waals surface area contributed by atoms with Crippen LogP contribution >= 0.6 is 11.6 Å². The summed E-state index contributed by atoms with van der Waals surface area (Å²) in [4.78, 5) is 11.4. The first-order valence-electron chi connectivity index (χ1n) is 12.6. The molecule has 0 aliphatic carbocycles. The van der Waals surface area contributed by atoms with Crippen LogP contribution in [0, 0.1) is 0 Å². The Morgan fingerprint density at radius 3 is 2.47 bits per heavy atom. The molecule has 0 spiro atoms. The molecule has 8 heteroatoms. The van der Waals surface area contributed by atoms with Crippen molar-refractivity contribution in [1.29, 1.82) is 0 Å². The van der Waals surface area contributed by atoms with Crippen molar-refractivity contribution in [3.05, 3.63) is 88.9 Å². The Balaban J connectivity index is 1.80. The Hall–Kier alpha value is -3.81. The van der Waals surface area contributed by atoms with Gasteiger partial charge in [0.15, 0.2) is 0 Å². The summed E-state index contributed by atoms with van der Waals surface area (Å²) >= 11 is 6.14. The number of halogens is 1. The third-order valence-electron chi connectivity index (χ3n) is 6.06. The number of hydrogen-bond acceptors (Lipinski definition) is 5. The summed E-state index contributed by atoms with van der Waals surface area (Å²) in [5.74, 6) is 0.349. The summed E-state index contributed by atoms with van der Waals surface area (Å²) in [5, 5.41) is 25.3. The van der Waals surface area contributed by atoms with Gasteiger partial charge in [-0.1, -0.05) is 48.9 Å². The van der Waals surface area contributed by atoms with Crippen molar-refractivity contribution >= 4 is 17.6 Å². The number of para-hydroxylation sites is 1. The Kier molecular flexibility index (Phi) is 9.05. The Morgan fingerprint density at radius 2 is 1.74 bits per heavy atom. The number of aromatic nitrogens is 2. The van der Waals surface area contributed by atoms with E-state index in [0.29, 0.717) is 52.9 Å². The Morgan fingerprint density at radius 1 is 0.947 bits per heavy atom. The molecule has 0 radical (unpaired) electrons. The van der Waals surface area contributed by atoms with Crippen LogP contribution in [0.25, 0.3) is 22.5 Å². The van der Waals surface area contributed by atoms with Crippen molar-refractivity contribution in [2.45, 2.75) is 45.9 Å². The lowest BCUT2D eigenvalue weighted by atomic mass is 10.0. The first-order chi connectivity index (χ1) is 18.4. The number of aliphatic hydroxyl groups excluding tert-OH is 1. The number of aliphatic hydroxyl groups is 1. The quantitative estimate of drug-likeness (QED) is 0.223. The molecule has 0 unspecified atom stereocenters. The lowest BCUT2D eigenvalue weighted by Crippen LogP contribution is -2.16. The molecule has 0 amide bonds. The maximum absolute atomic E-state index is 11.4. The van der Waals surface area contributed by atoms with E-state index >= 15 is 0 Å². The van der Waals surface area contributed by atoms with Gasteiger partial charge in [0.05, 0.1) is 37.1 Å². The largest absolute Gasteiger partial charge is 0.493 e. The molecule has 0 saturated heterocycles. The molecule has 3 aromatic carbocycles. The van der Waals surface area contributed by atoms with Gasteiger partial charge in [0.25, 0.3) is 0 Å². The summed E-state index contributed by atoms with van der Waals surface area (Å²) in [6.45, 7) is 4.92. The number of carboxylic acids is 1.